The fourth-order valence-electron chi connectivity index (χ4n) is 3.38. The van der Waals surface area contributed by atoms with E-state index < -0.39 is 0 Å². The van der Waals surface area contributed by atoms with E-state index >= 15 is 0 Å². The summed E-state index contributed by atoms with van der Waals surface area (Å²) in [7, 11) is 0. The van der Waals surface area contributed by atoms with Gasteiger partial charge in [0.2, 0.25) is 5.91 Å². The third-order valence-electron chi connectivity index (χ3n) is 4.88. The maximum atomic E-state index is 12.2. The maximum Gasteiger partial charge on any atom is 0.258 e. The summed E-state index contributed by atoms with van der Waals surface area (Å²) in [6, 6.07) is 11.2. The number of thiophene rings is 1. The fraction of sp³-hybridized carbons (Fsp3) is 0.350. The second-order valence-corrected chi connectivity index (χ2v) is 7.96. The molecule has 146 valence electrons. The van der Waals surface area contributed by atoms with Gasteiger partial charge in [-0.05, 0) is 23.6 Å². The van der Waals surface area contributed by atoms with Crippen molar-refractivity contribution < 1.29 is 4.79 Å². The topological polar surface area (TPSA) is 70.0 Å². The number of pyridine rings is 1. The fourth-order valence-corrected chi connectivity index (χ4v) is 4.02. The molecule has 1 aliphatic rings. The van der Waals surface area contributed by atoms with E-state index in [2.05, 4.69) is 20.1 Å². The number of hydrogen-bond acceptors (Lipinski definition) is 6. The zero-order valence-corrected chi connectivity index (χ0v) is 16.4. The van der Waals surface area contributed by atoms with E-state index in [-0.39, 0.29) is 11.5 Å². The van der Waals surface area contributed by atoms with Gasteiger partial charge in [0.25, 0.3) is 5.56 Å². The Balaban J connectivity index is 1.26. The van der Waals surface area contributed by atoms with Crippen LogP contribution in [0.25, 0.3) is 5.65 Å². The van der Waals surface area contributed by atoms with E-state index in [0.29, 0.717) is 25.3 Å². The van der Waals surface area contributed by atoms with Crippen molar-refractivity contribution in [1.29, 1.82) is 0 Å². The SMILES string of the molecule is O=C(CN1CCN(Cc2cc(=O)n3ccccc3n2)CC1)NCc1cccs1. The lowest BCUT2D eigenvalue weighted by molar-refractivity contribution is -0.122. The zero-order chi connectivity index (χ0) is 19.3. The van der Waals surface area contributed by atoms with E-state index in [9.17, 15) is 9.59 Å². The highest BCUT2D eigenvalue weighted by Crippen LogP contribution is 2.09. The normalized spacial score (nSPS) is 15.7. The second kappa shape index (κ2) is 8.64. The first-order valence-corrected chi connectivity index (χ1v) is 10.3. The largest absolute Gasteiger partial charge is 0.350 e. The van der Waals surface area contributed by atoms with Crippen LogP contribution in [0.1, 0.15) is 10.6 Å². The lowest BCUT2D eigenvalue weighted by Gasteiger charge is -2.34. The molecule has 7 nitrogen and oxygen atoms in total. The lowest BCUT2D eigenvalue weighted by Crippen LogP contribution is -2.49. The maximum absolute atomic E-state index is 12.2. The number of carbonyl (C=O) groups excluding carboxylic acids is 1. The van der Waals surface area contributed by atoms with Gasteiger partial charge in [0, 0.05) is 49.9 Å². The number of carbonyl (C=O) groups is 1. The molecule has 8 heteroatoms. The molecule has 3 aromatic heterocycles. The predicted molar refractivity (Wildman–Crippen MR) is 109 cm³/mol. The van der Waals surface area contributed by atoms with E-state index in [0.717, 1.165) is 36.8 Å². The van der Waals surface area contributed by atoms with Crippen LogP contribution < -0.4 is 10.9 Å². The second-order valence-electron chi connectivity index (χ2n) is 6.92. The minimum atomic E-state index is -0.0540. The van der Waals surface area contributed by atoms with Crippen LogP contribution in [0.5, 0.6) is 0 Å². The molecule has 28 heavy (non-hydrogen) atoms. The molecule has 0 bridgehead atoms. The standard InChI is InChI=1S/C20H23N5O2S/c26-19(21-13-17-4-3-11-28-17)15-24-9-7-23(8-10-24)14-16-12-20(27)25-6-2-1-5-18(25)22-16/h1-6,11-12H,7-10,13-15H2,(H,21,26). The van der Waals surface area contributed by atoms with Gasteiger partial charge in [-0.1, -0.05) is 12.1 Å². The number of amides is 1. The quantitative estimate of drug-likeness (QED) is 0.677. The predicted octanol–water partition coefficient (Wildman–Crippen LogP) is 1.19. The van der Waals surface area contributed by atoms with Crippen LogP contribution in [0.4, 0.5) is 0 Å². The smallest absolute Gasteiger partial charge is 0.258 e. The van der Waals surface area contributed by atoms with Crippen LogP contribution in [0.3, 0.4) is 0 Å². The van der Waals surface area contributed by atoms with Crippen molar-refractivity contribution in [3.05, 3.63) is 68.9 Å². The zero-order valence-electron chi connectivity index (χ0n) is 15.6. The van der Waals surface area contributed by atoms with Gasteiger partial charge < -0.3 is 5.32 Å². The Labute approximate surface area is 167 Å². The summed E-state index contributed by atoms with van der Waals surface area (Å²) in [4.78, 5) is 34.5. The van der Waals surface area contributed by atoms with Crippen molar-refractivity contribution in [3.8, 4) is 0 Å². The minimum absolute atomic E-state index is 0.0540. The summed E-state index contributed by atoms with van der Waals surface area (Å²) in [6.45, 7) is 5.05. The monoisotopic (exact) mass is 397 g/mol. The van der Waals surface area contributed by atoms with Crippen molar-refractivity contribution in [3.63, 3.8) is 0 Å². The molecular weight excluding hydrogens is 374 g/mol. The molecule has 0 spiro atoms. The summed E-state index contributed by atoms with van der Waals surface area (Å²) in [6.07, 6.45) is 1.73. The van der Waals surface area contributed by atoms with Crippen LogP contribution >= 0.6 is 11.3 Å². The van der Waals surface area contributed by atoms with Crippen molar-refractivity contribution in [2.24, 2.45) is 0 Å². The number of piperazine rings is 1. The highest BCUT2D eigenvalue weighted by molar-refractivity contribution is 7.09. The Kier molecular flexibility index (Phi) is 5.80. The van der Waals surface area contributed by atoms with Gasteiger partial charge in [0.05, 0.1) is 18.8 Å². The molecule has 0 radical (unpaired) electrons. The van der Waals surface area contributed by atoms with E-state index in [1.54, 1.807) is 28.0 Å². The van der Waals surface area contributed by atoms with Crippen LogP contribution in [0.2, 0.25) is 0 Å². The third-order valence-corrected chi connectivity index (χ3v) is 5.76. The average Bonchev–Trinajstić information content (AvgIpc) is 3.22. The van der Waals surface area contributed by atoms with Crippen molar-refractivity contribution >= 4 is 22.9 Å². The molecule has 1 N–H and O–H groups in total. The van der Waals surface area contributed by atoms with Gasteiger partial charge in [-0.15, -0.1) is 11.3 Å². The number of rotatable bonds is 6. The Bertz CT molecular complexity index is 993. The molecule has 4 rings (SSSR count). The Morgan fingerprint density at radius 2 is 1.93 bits per heavy atom. The highest BCUT2D eigenvalue weighted by atomic mass is 32.1. The number of fused-ring (bicyclic) bond motifs is 1. The van der Waals surface area contributed by atoms with Gasteiger partial charge in [-0.25, -0.2) is 4.98 Å². The molecule has 1 aliphatic heterocycles. The molecule has 0 atom stereocenters. The number of nitrogens with one attached hydrogen (secondary N) is 1. The number of aromatic nitrogens is 2. The first-order chi connectivity index (χ1) is 13.7. The van der Waals surface area contributed by atoms with Crippen LogP contribution in [-0.2, 0) is 17.9 Å². The molecule has 3 aromatic rings. The van der Waals surface area contributed by atoms with E-state index in [1.165, 1.54) is 0 Å². The third kappa shape index (κ3) is 4.64. The van der Waals surface area contributed by atoms with Crippen molar-refractivity contribution in [2.45, 2.75) is 13.1 Å². The van der Waals surface area contributed by atoms with Crippen LogP contribution in [0.15, 0.2) is 52.8 Å². The molecule has 0 unspecified atom stereocenters. The first kappa shape index (κ1) is 18.8. The van der Waals surface area contributed by atoms with Crippen LogP contribution in [-0.4, -0.2) is 57.8 Å². The summed E-state index contributed by atoms with van der Waals surface area (Å²) < 4.78 is 1.55. The Morgan fingerprint density at radius 3 is 2.71 bits per heavy atom. The molecule has 0 aromatic carbocycles. The molecule has 0 aliphatic carbocycles. The van der Waals surface area contributed by atoms with Gasteiger partial charge in [0.1, 0.15) is 5.65 Å². The summed E-state index contributed by atoms with van der Waals surface area (Å²) >= 11 is 1.65. The van der Waals surface area contributed by atoms with Gasteiger partial charge in [0.15, 0.2) is 0 Å². The van der Waals surface area contributed by atoms with Gasteiger partial charge in [-0.3, -0.25) is 23.8 Å². The van der Waals surface area contributed by atoms with Crippen molar-refractivity contribution in [1.82, 2.24) is 24.5 Å². The summed E-state index contributed by atoms with van der Waals surface area (Å²) in [5.74, 6) is 0.0612. The molecule has 1 saturated heterocycles. The Hall–Kier alpha value is -2.55. The van der Waals surface area contributed by atoms with Crippen molar-refractivity contribution in [2.75, 3.05) is 32.7 Å². The minimum Gasteiger partial charge on any atom is -0.350 e. The highest BCUT2D eigenvalue weighted by Gasteiger charge is 2.19. The average molecular weight is 398 g/mol. The molecule has 4 heterocycles. The summed E-state index contributed by atoms with van der Waals surface area (Å²) in [5.41, 5.74) is 1.41. The Morgan fingerprint density at radius 1 is 1.11 bits per heavy atom. The molecular formula is C20H23N5O2S. The molecule has 1 fully saturated rings. The van der Waals surface area contributed by atoms with Gasteiger partial charge >= 0.3 is 0 Å². The lowest BCUT2D eigenvalue weighted by atomic mass is 10.2. The number of hydrogen-bond donors (Lipinski definition) is 1. The van der Waals surface area contributed by atoms with E-state index in [4.69, 9.17) is 0 Å². The number of nitrogens with zero attached hydrogens (tertiary/aromatic N) is 4. The van der Waals surface area contributed by atoms with E-state index in [1.807, 2.05) is 35.7 Å². The molecule has 1 amide bonds. The summed E-state index contributed by atoms with van der Waals surface area (Å²) in [5, 5.41) is 4.99. The molecule has 0 saturated carbocycles. The first-order valence-electron chi connectivity index (χ1n) is 9.38. The van der Waals surface area contributed by atoms with Crippen LogP contribution in [0, 0.1) is 0 Å². The van der Waals surface area contributed by atoms with Gasteiger partial charge in [-0.2, -0.15) is 0 Å².